The average Bonchev–Trinajstić information content (AvgIpc) is 3.29. The molecule has 2 aromatic carbocycles. The topological polar surface area (TPSA) is 61.3 Å². The number of halogens is 1. The highest BCUT2D eigenvalue weighted by molar-refractivity contribution is 6.36. The molecule has 106 valence electrons. The van der Waals surface area contributed by atoms with Crippen LogP contribution in [0.4, 0.5) is 0 Å². The van der Waals surface area contributed by atoms with Gasteiger partial charge in [0.15, 0.2) is 0 Å². The first-order valence-corrected chi connectivity index (χ1v) is 7.38. The minimum absolute atomic E-state index is 0.258. The highest BCUT2D eigenvalue weighted by Gasteiger charge is 2.24. The van der Waals surface area contributed by atoms with Gasteiger partial charge in [-0.05, 0) is 24.8 Å². The Hall–Kier alpha value is -1.29. The Bertz CT molecular complexity index is 625. The molecule has 3 nitrogen and oxygen atoms in total. The largest absolute Gasteiger partial charge is 0.492 e. The molecule has 1 aliphatic rings. The summed E-state index contributed by atoms with van der Waals surface area (Å²) in [5, 5.41) is 2.70. The summed E-state index contributed by atoms with van der Waals surface area (Å²) in [4.78, 5) is 0. The predicted molar refractivity (Wildman–Crippen MR) is 83.2 cm³/mol. The number of nitrogens with two attached hydrogens (primary N) is 2. The maximum absolute atomic E-state index is 6.36. The first-order valence-electron chi connectivity index (χ1n) is 7.00. The Morgan fingerprint density at radius 1 is 1.25 bits per heavy atom. The number of benzene rings is 2. The van der Waals surface area contributed by atoms with Crippen LogP contribution in [0.25, 0.3) is 10.8 Å². The zero-order chi connectivity index (χ0) is 14.1. The third-order valence-corrected chi connectivity index (χ3v) is 4.10. The number of fused-ring (bicyclic) bond motifs is 1. The van der Waals surface area contributed by atoms with E-state index in [9.17, 15) is 0 Å². The van der Waals surface area contributed by atoms with Crippen LogP contribution in [-0.2, 0) is 0 Å². The minimum atomic E-state index is -0.258. The molecule has 4 N–H and O–H groups in total. The van der Waals surface area contributed by atoms with E-state index in [-0.39, 0.29) is 6.04 Å². The number of hydrogen-bond donors (Lipinski definition) is 2. The van der Waals surface area contributed by atoms with Crippen molar-refractivity contribution < 1.29 is 4.74 Å². The summed E-state index contributed by atoms with van der Waals surface area (Å²) in [6.45, 7) is 1.12. The first kappa shape index (κ1) is 13.7. The Morgan fingerprint density at radius 2 is 1.95 bits per heavy atom. The van der Waals surface area contributed by atoms with E-state index in [1.54, 1.807) is 0 Å². The molecule has 20 heavy (non-hydrogen) atoms. The van der Waals surface area contributed by atoms with Gasteiger partial charge in [0.05, 0.1) is 6.61 Å². The van der Waals surface area contributed by atoms with Gasteiger partial charge in [-0.2, -0.15) is 0 Å². The molecule has 1 unspecified atom stereocenters. The molecule has 0 spiro atoms. The molecule has 1 saturated carbocycles. The minimum Gasteiger partial charge on any atom is -0.492 e. The highest BCUT2D eigenvalue weighted by atomic mass is 35.5. The van der Waals surface area contributed by atoms with Crippen LogP contribution < -0.4 is 16.2 Å². The molecule has 0 heterocycles. The van der Waals surface area contributed by atoms with E-state index >= 15 is 0 Å². The summed E-state index contributed by atoms with van der Waals surface area (Å²) < 4.78 is 6.06. The lowest BCUT2D eigenvalue weighted by Crippen LogP contribution is -2.22. The molecular weight excluding hydrogens is 272 g/mol. The van der Waals surface area contributed by atoms with Crippen LogP contribution in [0.2, 0.25) is 5.02 Å². The SMILES string of the molecule is NCC(N)c1cc(Cl)c2ccccc2c1OCC1CC1. The van der Waals surface area contributed by atoms with Gasteiger partial charge in [0.25, 0.3) is 0 Å². The summed E-state index contributed by atoms with van der Waals surface area (Å²) in [7, 11) is 0. The summed E-state index contributed by atoms with van der Waals surface area (Å²) >= 11 is 6.36. The Labute approximate surface area is 123 Å². The zero-order valence-electron chi connectivity index (χ0n) is 11.3. The van der Waals surface area contributed by atoms with Crippen molar-refractivity contribution in [2.24, 2.45) is 17.4 Å². The third kappa shape index (κ3) is 2.62. The van der Waals surface area contributed by atoms with Gasteiger partial charge in [-0.25, -0.2) is 0 Å². The molecule has 0 amide bonds. The summed E-state index contributed by atoms with van der Waals surface area (Å²) in [6.07, 6.45) is 2.51. The second-order valence-electron chi connectivity index (χ2n) is 5.42. The lowest BCUT2D eigenvalue weighted by atomic mass is 10.0. The van der Waals surface area contributed by atoms with Crippen LogP contribution in [-0.4, -0.2) is 13.2 Å². The third-order valence-electron chi connectivity index (χ3n) is 3.79. The van der Waals surface area contributed by atoms with Gasteiger partial charge in [0, 0.05) is 33.9 Å². The van der Waals surface area contributed by atoms with Crippen LogP contribution >= 0.6 is 11.6 Å². The average molecular weight is 291 g/mol. The van der Waals surface area contributed by atoms with Gasteiger partial charge >= 0.3 is 0 Å². The van der Waals surface area contributed by atoms with Crippen molar-refractivity contribution in [1.29, 1.82) is 0 Å². The zero-order valence-corrected chi connectivity index (χ0v) is 12.1. The smallest absolute Gasteiger partial charge is 0.132 e. The summed E-state index contributed by atoms with van der Waals surface area (Å²) in [6, 6.07) is 9.62. The number of rotatable bonds is 5. The van der Waals surface area contributed by atoms with Crippen LogP contribution in [0.1, 0.15) is 24.4 Å². The van der Waals surface area contributed by atoms with Gasteiger partial charge < -0.3 is 16.2 Å². The van der Waals surface area contributed by atoms with Crippen LogP contribution in [0.5, 0.6) is 5.75 Å². The van der Waals surface area contributed by atoms with Crippen molar-refractivity contribution in [3.05, 3.63) is 40.9 Å². The van der Waals surface area contributed by atoms with Crippen molar-refractivity contribution in [2.75, 3.05) is 13.2 Å². The highest BCUT2D eigenvalue weighted by Crippen LogP contribution is 2.39. The van der Waals surface area contributed by atoms with Crippen molar-refractivity contribution >= 4 is 22.4 Å². The van der Waals surface area contributed by atoms with Crippen LogP contribution in [0.3, 0.4) is 0 Å². The maximum Gasteiger partial charge on any atom is 0.132 e. The first-order chi connectivity index (χ1) is 9.70. The summed E-state index contributed by atoms with van der Waals surface area (Å²) in [5.74, 6) is 1.53. The lowest BCUT2D eigenvalue weighted by molar-refractivity contribution is 0.299. The van der Waals surface area contributed by atoms with E-state index in [4.69, 9.17) is 27.8 Å². The standard InChI is InChI=1S/C16H19ClN2O/c17-14-7-13(15(19)8-18)16(20-9-10-5-6-10)12-4-2-1-3-11(12)14/h1-4,7,10,15H,5-6,8-9,18-19H2. The van der Waals surface area contributed by atoms with E-state index in [0.717, 1.165) is 28.7 Å². The van der Waals surface area contributed by atoms with Crippen molar-refractivity contribution in [2.45, 2.75) is 18.9 Å². The number of ether oxygens (including phenoxy) is 1. The quantitative estimate of drug-likeness (QED) is 0.888. The van der Waals surface area contributed by atoms with Crippen molar-refractivity contribution in [3.8, 4) is 5.75 Å². The number of hydrogen-bond acceptors (Lipinski definition) is 3. The van der Waals surface area contributed by atoms with Crippen LogP contribution in [0, 0.1) is 5.92 Å². The normalized spacial score (nSPS) is 16.4. The molecule has 1 atom stereocenters. The molecular formula is C16H19ClN2O. The molecule has 2 aromatic rings. The van der Waals surface area contributed by atoms with E-state index in [1.807, 2.05) is 30.3 Å². The Balaban J connectivity index is 2.10. The maximum atomic E-state index is 6.36. The molecule has 3 rings (SSSR count). The summed E-state index contributed by atoms with van der Waals surface area (Å²) in [5.41, 5.74) is 12.7. The second-order valence-corrected chi connectivity index (χ2v) is 5.83. The fourth-order valence-corrected chi connectivity index (χ4v) is 2.66. The molecule has 1 fully saturated rings. The van der Waals surface area contributed by atoms with Crippen molar-refractivity contribution in [1.82, 2.24) is 0 Å². The monoisotopic (exact) mass is 290 g/mol. The van der Waals surface area contributed by atoms with Gasteiger partial charge in [0.2, 0.25) is 0 Å². The van der Waals surface area contributed by atoms with Gasteiger partial charge in [-0.1, -0.05) is 35.9 Å². The fraction of sp³-hybridized carbons (Fsp3) is 0.375. The predicted octanol–water partition coefficient (Wildman–Crippen LogP) is 3.24. The van der Waals surface area contributed by atoms with Gasteiger partial charge in [-0.15, -0.1) is 0 Å². The Kier molecular flexibility index (Phi) is 3.83. The fourth-order valence-electron chi connectivity index (χ4n) is 2.37. The van der Waals surface area contributed by atoms with E-state index < -0.39 is 0 Å². The van der Waals surface area contributed by atoms with Gasteiger partial charge in [0.1, 0.15) is 5.75 Å². The molecule has 0 radical (unpaired) electrons. The van der Waals surface area contributed by atoms with E-state index in [2.05, 4.69) is 0 Å². The molecule has 0 saturated heterocycles. The Morgan fingerprint density at radius 3 is 2.60 bits per heavy atom. The molecule has 4 heteroatoms. The van der Waals surface area contributed by atoms with E-state index in [1.165, 1.54) is 12.8 Å². The lowest BCUT2D eigenvalue weighted by Gasteiger charge is -2.19. The molecule has 1 aliphatic carbocycles. The second kappa shape index (κ2) is 5.60. The van der Waals surface area contributed by atoms with Gasteiger partial charge in [-0.3, -0.25) is 0 Å². The molecule has 0 bridgehead atoms. The van der Waals surface area contributed by atoms with Crippen molar-refractivity contribution in [3.63, 3.8) is 0 Å². The molecule has 0 aliphatic heterocycles. The van der Waals surface area contributed by atoms with E-state index in [0.29, 0.717) is 17.5 Å². The van der Waals surface area contributed by atoms with Crippen LogP contribution in [0.15, 0.2) is 30.3 Å². The molecule has 0 aromatic heterocycles.